The topological polar surface area (TPSA) is 66.0 Å². The number of hydrogen-bond acceptors (Lipinski definition) is 2. The van der Waals surface area contributed by atoms with Gasteiger partial charge in [-0.05, 0) is 11.8 Å². The number of carboxylic acids is 1. The van der Waals surface area contributed by atoms with Crippen LogP contribution in [0, 0.1) is 5.41 Å². The molecule has 2 rings (SSSR count). The maximum atomic E-state index is 11.1. The number of carboxylic acid groups (broad SMARTS) is 1. The van der Waals surface area contributed by atoms with Crippen molar-refractivity contribution < 1.29 is 9.90 Å². The van der Waals surface area contributed by atoms with Crippen LogP contribution in [0.25, 0.3) is 0 Å². The van der Waals surface area contributed by atoms with Gasteiger partial charge in [0.2, 0.25) is 0 Å². The second-order valence-corrected chi connectivity index (χ2v) is 4.24. The van der Waals surface area contributed by atoms with Crippen molar-refractivity contribution in [3.05, 3.63) is 18.2 Å². The molecule has 1 unspecified atom stereocenters. The minimum Gasteiger partial charge on any atom is -0.481 e. The normalized spacial score (nSPS) is 30.0. The van der Waals surface area contributed by atoms with Crippen LogP contribution in [0.15, 0.2) is 12.5 Å². The number of carbonyl (C=O) groups is 1. The van der Waals surface area contributed by atoms with Crippen molar-refractivity contribution in [3.63, 3.8) is 0 Å². The zero-order valence-corrected chi connectivity index (χ0v) is 7.66. The van der Waals surface area contributed by atoms with E-state index in [1.54, 1.807) is 6.20 Å². The number of H-pyrrole nitrogens is 1. The molecule has 4 nitrogen and oxygen atoms in total. The van der Waals surface area contributed by atoms with Gasteiger partial charge in [-0.15, -0.1) is 0 Å². The molecule has 1 aliphatic carbocycles. The summed E-state index contributed by atoms with van der Waals surface area (Å²) >= 11 is 0. The van der Waals surface area contributed by atoms with Crippen LogP contribution in [-0.4, -0.2) is 21.0 Å². The maximum Gasteiger partial charge on any atom is 0.316 e. The maximum absolute atomic E-state index is 11.1. The highest BCUT2D eigenvalue weighted by Crippen LogP contribution is 2.63. The Labute approximate surface area is 76.0 Å². The molecule has 0 amide bonds. The second kappa shape index (κ2) is 2.13. The molecule has 1 fully saturated rings. The molecule has 1 aliphatic rings. The second-order valence-electron chi connectivity index (χ2n) is 4.24. The largest absolute Gasteiger partial charge is 0.481 e. The molecule has 0 bridgehead atoms. The number of imidazole rings is 1. The SMILES string of the molecule is CC1(C)CC1(C(=O)O)c1cnc[nH]1. The van der Waals surface area contributed by atoms with Crippen LogP contribution in [0.3, 0.4) is 0 Å². The highest BCUT2D eigenvalue weighted by molar-refractivity contribution is 5.86. The zero-order chi connectivity index (χ0) is 9.69. The molecule has 1 aromatic heterocycles. The number of rotatable bonds is 2. The van der Waals surface area contributed by atoms with E-state index in [0.29, 0.717) is 12.1 Å². The zero-order valence-electron chi connectivity index (χ0n) is 7.66. The number of aliphatic carboxylic acids is 1. The summed E-state index contributed by atoms with van der Waals surface area (Å²) in [6.07, 6.45) is 3.80. The third-order valence-corrected chi connectivity index (χ3v) is 3.06. The first-order valence-corrected chi connectivity index (χ1v) is 4.23. The summed E-state index contributed by atoms with van der Waals surface area (Å²) in [4.78, 5) is 17.9. The van der Waals surface area contributed by atoms with Gasteiger partial charge in [0, 0.05) is 6.20 Å². The van der Waals surface area contributed by atoms with E-state index >= 15 is 0 Å². The molecule has 0 spiro atoms. The predicted molar refractivity (Wildman–Crippen MR) is 46.3 cm³/mol. The average Bonchev–Trinajstić information content (AvgIpc) is 2.52. The van der Waals surface area contributed by atoms with Crippen molar-refractivity contribution >= 4 is 5.97 Å². The van der Waals surface area contributed by atoms with Crippen LogP contribution in [-0.2, 0) is 10.2 Å². The van der Waals surface area contributed by atoms with E-state index in [4.69, 9.17) is 5.11 Å². The molecule has 1 heterocycles. The monoisotopic (exact) mass is 180 g/mol. The van der Waals surface area contributed by atoms with E-state index in [0.717, 1.165) is 0 Å². The summed E-state index contributed by atoms with van der Waals surface area (Å²) < 4.78 is 0. The summed E-state index contributed by atoms with van der Waals surface area (Å²) in [7, 11) is 0. The van der Waals surface area contributed by atoms with E-state index in [2.05, 4.69) is 9.97 Å². The molecule has 0 saturated heterocycles. The number of nitrogens with one attached hydrogen (secondary N) is 1. The van der Waals surface area contributed by atoms with Crippen molar-refractivity contribution in [2.75, 3.05) is 0 Å². The highest BCUT2D eigenvalue weighted by atomic mass is 16.4. The smallest absolute Gasteiger partial charge is 0.316 e. The Hall–Kier alpha value is -1.32. The lowest BCUT2D eigenvalue weighted by molar-refractivity contribution is -0.141. The van der Waals surface area contributed by atoms with Crippen LogP contribution in [0.2, 0.25) is 0 Å². The Balaban J connectivity index is 2.45. The van der Waals surface area contributed by atoms with Crippen molar-refractivity contribution in [2.45, 2.75) is 25.7 Å². The van der Waals surface area contributed by atoms with Crippen LogP contribution in [0.5, 0.6) is 0 Å². The van der Waals surface area contributed by atoms with Gasteiger partial charge in [-0.25, -0.2) is 4.98 Å². The van der Waals surface area contributed by atoms with Crippen LogP contribution in [0.1, 0.15) is 26.0 Å². The predicted octanol–water partition coefficient (Wildman–Crippen LogP) is 1.16. The van der Waals surface area contributed by atoms with Gasteiger partial charge in [0.25, 0.3) is 0 Å². The van der Waals surface area contributed by atoms with Crippen molar-refractivity contribution in [3.8, 4) is 0 Å². The fourth-order valence-corrected chi connectivity index (χ4v) is 2.05. The molecule has 0 radical (unpaired) electrons. The molecule has 2 N–H and O–H groups in total. The lowest BCUT2D eigenvalue weighted by Gasteiger charge is -2.12. The van der Waals surface area contributed by atoms with Gasteiger partial charge >= 0.3 is 5.97 Å². The van der Waals surface area contributed by atoms with Crippen LogP contribution < -0.4 is 0 Å². The van der Waals surface area contributed by atoms with E-state index in [9.17, 15) is 4.79 Å². The first-order chi connectivity index (χ1) is 6.01. The lowest BCUT2D eigenvalue weighted by atomic mass is 9.93. The van der Waals surface area contributed by atoms with Gasteiger partial charge < -0.3 is 10.1 Å². The molecular weight excluding hydrogens is 168 g/mol. The average molecular weight is 180 g/mol. The molecule has 0 aliphatic heterocycles. The van der Waals surface area contributed by atoms with Crippen molar-refractivity contribution in [1.82, 2.24) is 9.97 Å². The van der Waals surface area contributed by atoms with Crippen molar-refractivity contribution in [1.29, 1.82) is 0 Å². The van der Waals surface area contributed by atoms with Gasteiger partial charge in [-0.2, -0.15) is 0 Å². The van der Waals surface area contributed by atoms with Gasteiger partial charge in [0.1, 0.15) is 5.41 Å². The highest BCUT2D eigenvalue weighted by Gasteiger charge is 2.68. The van der Waals surface area contributed by atoms with Crippen molar-refractivity contribution in [2.24, 2.45) is 5.41 Å². The molecule has 1 saturated carbocycles. The Kier molecular flexibility index (Phi) is 1.36. The molecule has 13 heavy (non-hydrogen) atoms. The number of aromatic nitrogens is 2. The standard InChI is InChI=1S/C9H12N2O2/c1-8(2)4-9(8,7(12)13)6-3-10-5-11-6/h3,5H,4H2,1-2H3,(H,10,11)(H,12,13). The first kappa shape index (κ1) is 8.29. The third kappa shape index (κ3) is 0.855. The summed E-state index contributed by atoms with van der Waals surface area (Å²) in [5, 5.41) is 9.16. The fraction of sp³-hybridized carbons (Fsp3) is 0.556. The Morgan fingerprint density at radius 1 is 1.69 bits per heavy atom. The van der Waals surface area contributed by atoms with Gasteiger partial charge in [0.05, 0.1) is 12.0 Å². The quantitative estimate of drug-likeness (QED) is 0.717. The Morgan fingerprint density at radius 2 is 2.31 bits per heavy atom. The third-order valence-electron chi connectivity index (χ3n) is 3.06. The molecule has 1 aromatic rings. The number of nitrogens with zero attached hydrogens (tertiary/aromatic N) is 1. The van der Waals surface area contributed by atoms with E-state index in [-0.39, 0.29) is 5.41 Å². The number of hydrogen-bond donors (Lipinski definition) is 2. The van der Waals surface area contributed by atoms with E-state index < -0.39 is 11.4 Å². The molecular formula is C9H12N2O2. The van der Waals surface area contributed by atoms with Gasteiger partial charge in [0.15, 0.2) is 0 Å². The molecule has 0 aromatic carbocycles. The molecule has 70 valence electrons. The first-order valence-electron chi connectivity index (χ1n) is 4.23. The lowest BCUT2D eigenvalue weighted by Crippen LogP contribution is -2.25. The molecule has 1 atom stereocenters. The van der Waals surface area contributed by atoms with E-state index in [1.165, 1.54) is 6.33 Å². The van der Waals surface area contributed by atoms with Gasteiger partial charge in [-0.3, -0.25) is 4.79 Å². The Morgan fingerprint density at radius 3 is 2.62 bits per heavy atom. The minimum absolute atomic E-state index is 0.161. The number of aromatic amines is 1. The van der Waals surface area contributed by atoms with Gasteiger partial charge in [-0.1, -0.05) is 13.8 Å². The minimum atomic E-state index is -0.762. The summed E-state index contributed by atoms with van der Waals surface area (Å²) in [6.45, 7) is 3.92. The summed E-state index contributed by atoms with van der Waals surface area (Å²) in [5.41, 5.74) is -0.181. The summed E-state index contributed by atoms with van der Waals surface area (Å²) in [5.74, 6) is -0.762. The fourth-order valence-electron chi connectivity index (χ4n) is 2.05. The van der Waals surface area contributed by atoms with Crippen LogP contribution >= 0.6 is 0 Å². The summed E-state index contributed by atoms with van der Waals surface area (Å²) in [6, 6.07) is 0. The van der Waals surface area contributed by atoms with Crippen LogP contribution in [0.4, 0.5) is 0 Å². The van der Waals surface area contributed by atoms with E-state index in [1.807, 2.05) is 13.8 Å². The molecule has 4 heteroatoms. The Bertz CT molecular complexity index is 343.